The average Bonchev–Trinajstić information content (AvgIpc) is 3.71. The summed E-state index contributed by atoms with van der Waals surface area (Å²) in [6, 6.07) is 21.7. The van der Waals surface area contributed by atoms with Crippen molar-refractivity contribution in [3.8, 4) is 5.75 Å². The Bertz CT molecular complexity index is 1250. The van der Waals surface area contributed by atoms with Crippen molar-refractivity contribution in [2.75, 3.05) is 22.9 Å². The number of fused-ring (bicyclic) bond motifs is 1. The summed E-state index contributed by atoms with van der Waals surface area (Å²) in [5.41, 5.74) is 4.80. The minimum atomic E-state index is -0.172. The lowest BCUT2D eigenvalue weighted by molar-refractivity contribution is 0.159. The molecular formula is C30H32FN3O2. The van der Waals surface area contributed by atoms with Crippen molar-refractivity contribution in [3.05, 3.63) is 89.2 Å². The second-order valence-corrected chi connectivity index (χ2v) is 10.2. The van der Waals surface area contributed by atoms with Gasteiger partial charge in [-0.3, -0.25) is 4.90 Å². The highest BCUT2D eigenvalue weighted by molar-refractivity contribution is 5.95. The second-order valence-electron chi connectivity index (χ2n) is 10.2. The smallest absolute Gasteiger partial charge is 0.325 e. The molecule has 0 radical (unpaired) electrons. The van der Waals surface area contributed by atoms with Crippen LogP contribution in [0.15, 0.2) is 66.7 Å². The van der Waals surface area contributed by atoms with Crippen LogP contribution < -0.4 is 14.5 Å². The monoisotopic (exact) mass is 485 g/mol. The van der Waals surface area contributed by atoms with E-state index in [-0.39, 0.29) is 17.9 Å². The maximum atomic E-state index is 14.6. The standard InChI is InChI=1S/C30H32FN3O2/c1-21-7-6-10-26(31)29(21)32-17-15-24(16-18-32)33-19-22-8-2-4-11-27(22)34(30(33)35)20-23-9-3-5-12-28(23)36-25-13-14-25/h2-12,24-25H,13-20H2,1H3. The molecule has 2 amide bonds. The van der Waals surface area contributed by atoms with Crippen LogP contribution in [0.1, 0.15) is 42.4 Å². The number of para-hydroxylation sites is 3. The Morgan fingerprint density at radius 2 is 1.67 bits per heavy atom. The van der Waals surface area contributed by atoms with Crippen LogP contribution in [0, 0.1) is 12.7 Å². The molecule has 0 bridgehead atoms. The van der Waals surface area contributed by atoms with Crippen molar-refractivity contribution in [1.29, 1.82) is 0 Å². The van der Waals surface area contributed by atoms with E-state index in [9.17, 15) is 9.18 Å². The first-order valence-corrected chi connectivity index (χ1v) is 13.0. The summed E-state index contributed by atoms with van der Waals surface area (Å²) >= 11 is 0. The van der Waals surface area contributed by atoms with E-state index in [0.717, 1.165) is 66.9 Å². The quantitative estimate of drug-likeness (QED) is 0.412. The molecular weight excluding hydrogens is 453 g/mol. The van der Waals surface area contributed by atoms with Crippen LogP contribution in [0.2, 0.25) is 0 Å². The van der Waals surface area contributed by atoms with Crippen LogP contribution in [-0.4, -0.2) is 36.2 Å². The maximum Gasteiger partial charge on any atom is 0.325 e. The summed E-state index contributed by atoms with van der Waals surface area (Å²) < 4.78 is 20.7. The van der Waals surface area contributed by atoms with Gasteiger partial charge in [0.25, 0.3) is 0 Å². The number of ether oxygens (including phenoxy) is 1. The lowest BCUT2D eigenvalue weighted by atomic mass is 9.99. The summed E-state index contributed by atoms with van der Waals surface area (Å²) in [6.07, 6.45) is 4.13. The number of aryl methyl sites for hydroxylation is 1. The number of anilines is 2. The molecule has 1 saturated carbocycles. The van der Waals surface area contributed by atoms with Crippen molar-refractivity contribution < 1.29 is 13.9 Å². The van der Waals surface area contributed by atoms with E-state index in [2.05, 4.69) is 17.0 Å². The number of carbonyl (C=O) groups excluding carboxylic acids is 1. The van der Waals surface area contributed by atoms with Gasteiger partial charge in [0.05, 0.1) is 24.0 Å². The van der Waals surface area contributed by atoms with Crippen molar-refractivity contribution in [2.45, 2.75) is 57.8 Å². The molecule has 3 aromatic rings. The van der Waals surface area contributed by atoms with Gasteiger partial charge in [-0.25, -0.2) is 9.18 Å². The first-order valence-electron chi connectivity index (χ1n) is 13.0. The number of rotatable bonds is 6. The summed E-state index contributed by atoms with van der Waals surface area (Å²) in [4.78, 5) is 20.0. The highest BCUT2D eigenvalue weighted by Gasteiger charge is 2.37. The molecule has 2 heterocycles. The first kappa shape index (κ1) is 22.9. The Morgan fingerprint density at radius 1 is 0.917 bits per heavy atom. The molecule has 0 aromatic heterocycles. The fourth-order valence-corrected chi connectivity index (χ4v) is 5.57. The van der Waals surface area contributed by atoms with Gasteiger partial charge in [0.1, 0.15) is 11.6 Å². The Hall–Kier alpha value is -3.54. The molecule has 0 atom stereocenters. The lowest BCUT2D eigenvalue weighted by Crippen LogP contribution is -2.54. The molecule has 0 unspecified atom stereocenters. The number of hydrogen-bond donors (Lipinski definition) is 0. The predicted octanol–water partition coefficient (Wildman–Crippen LogP) is 6.29. The van der Waals surface area contributed by atoms with Crippen LogP contribution in [0.3, 0.4) is 0 Å². The van der Waals surface area contributed by atoms with Crippen molar-refractivity contribution in [2.24, 2.45) is 0 Å². The van der Waals surface area contributed by atoms with E-state index in [4.69, 9.17) is 4.74 Å². The first-order chi connectivity index (χ1) is 17.6. The summed E-state index contributed by atoms with van der Waals surface area (Å²) in [5, 5.41) is 0. The maximum absolute atomic E-state index is 14.6. The molecule has 2 fully saturated rings. The number of urea groups is 1. The third kappa shape index (κ3) is 4.41. The lowest BCUT2D eigenvalue weighted by Gasteiger charge is -2.44. The van der Waals surface area contributed by atoms with E-state index in [1.807, 2.05) is 59.2 Å². The van der Waals surface area contributed by atoms with Crippen LogP contribution >= 0.6 is 0 Å². The minimum absolute atomic E-state index is 0.0375. The van der Waals surface area contributed by atoms with Gasteiger partial charge < -0.3 is 14.5 Å². The summed E-state index contributed by atoms with van der Waals surface area (Å²) in [5.74, 6) is 0.700. The van der Waals surface area contributed by atoms with Crippen LogP contribution in [0.5, 0.6) is 5.75 Å². The Kier molecular flexibility index (Phi) is 6.04. The van der Waals surface area contributed by atoms with Crippen molar-refractivity contribution in [3.63, 3.8) is 0 Å². The molecule has 0 spiro atoms. The van der Waals surface area contributed by atoms with E-state index in [1.165, 1.54) is 6.07 Å². The highest BCUT2D eigenvalue weighted by Crippen LogP contribution is 2.36. The fourth-order valence-electron chi connectivity index (χ4n) is 5.57. The Labute approximate surface area is 212 Å². The number of nitrogens with zero attached hydrogens (tertiary/aromatic N) is 3. The molecule has 1 aliphatic carbocycles. The number of halogens is 1. The normalized spacial score (nSPS) is 18.4. The van der Waals surface area contributed by atoms with E-state index in [0.29, 0.717) is 24.9 Å². The number of amides is 2. The van der Waals surface area contributed by atoms with Gasteiger partial charge in [0, 0.05) is 31.2 Å². The zero-order chi connectivity index (χ0) is 24.6. The SMILES string of the molecule is Cc1cccc(F)c1N1CCC(N2Cc3ccccc3N(Cc3ccccc3OC3CC3)C2=O)CC1. The number of piperidine rings is 1. The van der Waals surface area contributed by atoms with Gasteiger partial charge in [0.15, 0.2) is 0 Å². The molecule has 36 heavy (non-hydrogen) atoms. The van der Waals surface area contributed by atoms with Gasteiger partial charge >= 0.3 is 6.03 Å². The fraction of sp³-hybridized carbons (Fsp3) is 0.367. The molecule has 6 heteroatoms. The van der Waals surface area contributed by atoms with Gasteiger partial charge in [-0.1, -0.05) is 48.5 Å². The zero-order valence-electron chi connectivity index (χ0n) is 20.7. The third-order valence-electron chi connectivity index (χ3n) is 7.63. The average molecular weight is 486 g/mol. The summed E-state index contributed by atoms with van der Waals surface area (Å²) in [7, 11) is 0. The molecule has 1 saturated heterocycles. The zero-order valence-corrected chi connectivity index (χ0v) is 20.7. The van der Waals surface area contributed by atoms with Crippen LogP contribution in [0.4, 0.5) is 20.6 Å². The summed E-state index contributed by atoms with van der Waals surface area (Å²) in [6.45, 7) is 4.50. The molecule has 3 aromatic carbocycles. The van der Waals surface area contributed by atoms with E-state index in [1.54, 1.807) is 6.07 Å². The third-order valence-corrected chi connectivity index (χ3v) is 7.63. The molecule has 0 N–H and O–H groups in total. The number of hydrogen-bond acceptors (Lipinski definition) is 3. The Balaban J connectivity index is 1.23. The topological polar surface area (TPSA) is 36.0 Å². The van der Waals surface area contributed by atoms with Gasteiger partial charge in [-0.05, 0) is 61.9 Å². The molecule has 186 valence electrons. The van der Waals surface area contributed by atoms with Gasteiger partial charge in [0.2, 0.25) is 0 Å². The Morgan fingerprint density at radius 3 is 2.44 bits per heavy atom. The van der Waals surface area contributed by atoms with E-state index < -0.39 is 0 Å². The molecule has 6 rings (SSSR count). The van der Waals surface area contributed by atoms with Crippen molar-refractivity contribution in [1.82, 2.24) is 4.90 Å². The van der Waals surface area contributed by atoms with Crippen LogP contribution in [-0.2, 0) is 13.1 Å². The largest absolute Gasteiger partial charge is 0.490 e. The molecule has 2 aliphatic heterocycles. The number of benzene rings is 3. The number of carbonyl (C=O) groups is 1. The highest BCUT2D eigenvalue weighted by atomic mass is 19.1. The molecule has 5 nitrogen and oxygen atoms in total. The predicted molar refractivity (Wildman–Crippen MR) is 140 cm³/mol. The van der Waals surface area contributed by atoms with Crippen LogP contribution in [0.25, 0.3) is 0 Å². The minimum Gasteiger partial charge on any atom is -0.490 e. The second kappa shape index (κ2) is 9.49. The van der Waals surface area contributed by atoms with E-state index >= 15 is 0 Å². The van der Waals surface area contributed by atoms with Gasteiger partial charge in [-0.2, -0.15) is 0 Å². The van der Waals surface area contributed by atoms with Crippen molar-refractivity contribution >= 4 is 17.4 Å². The van der Waals surface area contributed by atoms with Gasteiger partial charge in [-0.15, -0.1) is 0 Å². The molecule has 3 aliphatic rings.